The van der Waals surface area contributed by atoms with Crippen LogP contribution in [0.1, 0.15) is 29.8 Å². The van der Waals surface area contributed by atoms with E-state index in [2.05, 4.69) is 5.32 Å². The maximum Gasteiger partial charge on any atom is 0.248 e. The monoisotopic (exact) mass is 339 g/mol. The molecule has 2 rings (SSSR count). The van der Waals surface area contributed by atoms with Crippen LogP contribution in [-0.4, -0.2) is 25.4 Å². The first-order valence-electron chi connectivity index (χ1n) is 7.95. The first-order valence-corrected chi connectivity index (χ1v) is 7.95. The molecular weight excluding hydrogens is 318 g/mol. The smallest absolute Gasteiger partial charge is 0.248 e. The van der Waals surface area contributed by atoms with Gasteiger partial charge in [0.15, 0.2) is 17.3 Å². The van der Waals surface area contributed by atoms with Crippen LogP contribution in [0.4, 0.5) is 5.69 Å². The van der Waals surface area contributed by atoms with Crippen LogP contribution in [0.25, 0.3) is 6.08 Å². The van der Waals surface area contributed by atoms with Crippen LogP contribution >= 0.6 is 0 Å². The Labute approximate surface area is 147 Å². The SMILES string of the molecule is CCOc1ccc(C=CC(=O)Nc2ccccc2C(C)=O)cc1OC. The Balaban J connectivity index is 2.12. The highest BCUT2D eigenvalue weighted by Crippen LogP contribution is 2.28. The van der Waals surface area contributed by atoms with Crippen LogP contribution in [0.15, 0.2) is 48.5 Å². The highest BCUT2D eigenvalue weighted by atomic mass is 16.5. The summed E-state index contributed by atoms with van der Waals surface area (Å²) in [4.78, 5) is 23.7. The number of hydrogen-bond donors (Lipinski definition) is 1. The molecule has 1 N–H and O–H groups in total. The lowest BCUT2D eigenvalue weighted by Gasteiger charge is -2.09. The fourth-order valence-electron chi connectivity index (χ4n) is 2.31. The lowest BCUT2D eigenvalue weighted by Crippen LogP contribution is -2.11. The van der Waals surface area contributed by atoms with Crippen molar-refractivity contribution in [3.05, 3.63) is 59.7 Å². The predicted octanol–water partition coefficient (Wildman–Crippen LogP) is 3.95. The number of methoxy groups -OCH3 is 1. The van der Waals surface area contributed by atoms with Crippen molar-refractivity contribution < 1.29 is 19.1 Å². The van der Waals surface area contributed by atoms with Gasteiger partial charge in [-0.05, 0) is 49.8 Å². The van der Waals surface area contributed by atoms with Crippen LogP contribution in [0.3, 0.4) is 0 Å². The minimum atomic E-state index is -0.318. The molecule has 0 fully saturated rings. The second-order valence-electron chi connectivity index (χ2n) is 5.27. The summed E-state index contributed by atoms with van der Waals surface area (Å²) in [6, 6.07) is 12.3. The number of hydrogen-bond acceptors (Lipinski definition) is 4. The standard InChI is InChI=1S/C20H21NO4/c1-4-25-18-11-9-15(13-19(18)24-3)10-12-20(23)21-17-8-6-5-7-16(17)14(2)22/h5-13H,4H2,1-3H3,(H,21,23). The Morgan fingerprint density at radius 3 is 2.56 bits per heavy atom. The molecule has 0 spiro atoms. The van der Waals surface area contributed by atoms with E-state index >= 15 is 0 Å². The molecular formula is C20H21NO4. The number of Topliss-reactive ketones (excluding diaryl/α,β-unsaturated/α-hetero) is 1. The average molecular weight is 339 g/mol. The summed E-state index contributed by atoms with van der Waals surface area (Å²) in [7, 11) is 1.57. The fraction of sp³-hybridized carbons (Fsp3) is 0.200. The lowest BCUT2D eigenvalue weighted by atomic mass is 10.1. The first kappa shape index (κ1) is 18.3. The molecule has 5 heteroatoms. The van der Waals surface area contributed by atoms with Gasteiger partial charge in [0.1, 0.15) is 0 Å². The highest BCUT2D eigenvalue weighted by Gasteiger charge is 2.08. The molecule has 2 aromatic carbocycles. The summed E-state index contributed by atoms with van der Waals surface area (Å²) in [6.07, 6.45) is 3.08. The maximum atomic E-state index is 12.1. The van der Waals surface area contributed by atoms with Gasteiger partial charge in [0.2, 0.25) is 5.91 Å². The van der Waals surface area contributed by atoms with E-state index in [9.17, 15) is 9.59 Å². The number of carbonyl (C=O) groups is 2. The first-order chi connectivity index (χ1) is 12.0. The topological polar surface area (TPSA) is 64.6 Å². The van der Waals surface area contributed by atoms with Gasteiger partial charge in [0, 0.05) is 11.6 Å². The number of para-hydroxylation sites is 1. The highest BCUT2D eigenvalue weighted by molar-refractivity contribution is 6.07. The fourth-order valence-corrected chi connectivity index (χ4v) is 2.31. The predicted molar refractivity (Wildman–Crippen MR) is 98.3 cm³/mol. The zero-order chi connectivity index (χ0) is 18.2. The normalized spacial score (nSPS) is 10.5. The van der Waals surface area contributed by atoms with Crippen LogP contribution in [-0.2, 0) is 4.79 Å². The van der Waals surface area contributed by atoms with E-state index in [4.69, 9.17) is 9.47 Å². The van der Waals surface area contributed by atoms with Crippen molar-refractivity contribution in [2.75, 3.05) is 19.0 Å². The number of nitrogens with one attached hydrogen (secondary N) is 1. The van der Waals surface area contributed by atoms with Crippen LogP contribution in [0.5, 0.6) is 11.5 Å². The van der Waals surface area contributed by atoms with E-state index in [1.165, 1.54) is 13.0 Å². The van der Waals surface area contributed by atoms with E-state index in [0.717, 1.165) is 5.56 Å². The average Bonchev–Trinajstić information content (AvgIpc) is 2.61. The Morgan fingerprint density at radius 1 is 1.12 bits per heavy atom. The molecule has 0 aliphatic rings. The Bertz CT molecular complexity index is 796. The van der Waals surface area contributed by atoms with Gasteiger partial charge in [-0.2, -0.15) is 0 Å². The maximum absolute atomic E-state index is 12.1. The molecule has 0 aromatic heterocycles. The third-order valence-corrected chi connectivity index (χ3v) is 3.48. The molecule has 0 atom stereocenters. The van der Waals surface area contributed by atoms with E-state index in [0.29, 0.717) is 29.4 Å². The Hall–Kier alpha value is -3.08. The number of carbonyl (C=O) groups excluding carboxylic acids is 2. The lowest BCUT2D eigenvalue weighted by molar-refractivity contribution is -0.111. The molecule has 0 saturated carbocycles. The second kappa shape index (κ2) is 8.68. The summed E-state index contributed by atoms with van der Waals surface area (Å²) in [5.74, 6) is 0.839. The quantitative estimate of drug-likeness (QED) is 0.613. The molecule has 0 radical (unpaired) electrons. The van der Waals surface area contributed by atoms with Crippen molar-refractivity contribution in [3.63, 3.8) is 0 Å². The van der Waals surface area contributed by atoms with Crippen molar-refractivity contribution in [2.24, 2.45) is 0 Å². The van der Waals surface area contributed by atoms with Crippen molar-refractivity contribution in [1.29, 1.82) is 0 Å². The molecule has 1 amide bonds. The van der Waals surface area contributed by atoms with E-state index < -0.39 is 0 Å². The minimum Gasteiger partial charge on any atom is -0.493 e. The van der Waals surface area contributed by atoms with Crippen molar-refractivity contribution >= 4 is 23.5 Å². The van der Waals surface area contributed by atoms with E-state index in [1.807, 2.05) is 13.0 Å². The molecule has 2 aromatic rings. The number of ketones is 1. The second-order valence-corrected chi connectivity index (χ2v) is 5.27. The van der Waals surface area contributed by atoms with Gasteiger partial charge >= 0.3 is 0 Å². The van der Waals surface area contributed by atoms with Gasteiger partial charge in [0.25, 0.3) is 0 Å². The number of ether oxygens (including phenoxy) is 2. The van der Waals surface area contributed by atoms with E-state index in [1.54, 1.807) is 49.6 Å². The number of rotatable bonds is 7. The molecule has 0 unspecified atom stereocenters. The number of amides is 1. The summed E-state index contributed by atoms with van der Waals surface area (Å²) < 4.78 is 10.7. The number of anilines is 1. The Morgan fingerprint density at radius 2 is 1.88 bits per heavy atom. The third-order valence-electron chi connectivity index (χ3n) is 3.48. The summed E-state index contributed by atoms with van der Waals surface area (Å²) in [5, 5.41) is 2.72. The third kappa shape index (κ3) is 4.94. The summed E-state index contributed by atoms with van der Waals surface area (Å²) in [5.41, 5.74) is 1.77. The molecule has 0 aliphatic heterocycles. The molecule has 0 aliphatic carbocycles. The molecule has 25 heavy (non-hydrogen) atoms. The van der Waals surface area contributed by atoms with Gasteiger partial charge in [-0.3, -0.25) is 9.59 Å². The molecule has 0 bridgehead atoms. The van der Waals surface area contributed by atoms with Crippen molar-refractivity contribution in [1.82, 2.24) is 0 Å². The van der Waals surface area contributed by atoms with Gasteiger partial charge in [-0.1, -0.05) is 18.2 Å². The van der Waals surface area contributed by atoms with Gasteiger partial charge in [0.05, 0.1) is 19.4 Å². The van der Waals surface area contributed by atoms with Crippen LogP contribution in [0, 0.1) is 0 Å². The van der Waals surface area contributed by atoms with Crippen LogP contribution in [0.2, 0.25) is 0 Å². The van der Waals surface area contributed by atoms with Gasteiger partial charge in [-0.15, -0.1) is 0 Å². The van der Waals surface area contributed by atoms with Crippen molar-refractivity contribution in [3.8, 4) is 11.5 Å². The molecule has 130 valence electrons. The van der Waals surface area contributed by atoms with E-state index in [-0.39, 0.29) is 11.7 Å². The zero-order valence-corrected chi connectivity index (χ0v) is 14.5. The van der Waals surface area contributed by atoms with Crippen molar-refractivity contribution in [2.45, 2.75) is 13.8 Å². The molecule has 0 heterocycles. The largest absolute Gasteiger partial charge is 0.493 e. The zero-order valence-electron chi connectivity index (χ0n) is 14.5. The van der Waals surface area contributed by atoms with Crippen LogP contribution < -0.4 is 14.8 Å². The van der Waals surface area contributed by atoms with Gasteiger partial charge in [-0.25, -0.2) is 0 Å². The van der Waals surface area contributed by atoms with Gasteiger partial charge < -0.3 is 14.8 Å². The molecule has 0 saturated heterocycles. The Kier molecular flexibility index (Phi) is 6.34. The summed E-state index contributed by atoms with van der Waals surface area (Å²) in [6.45, 7) is 3.91. The number of benzene rings is 2. The molecule has 5 nitrogen and oxygen atoms in total. The minimum absolute atomic E-state index is 0.101. The summed E-state index contributed by atoms with van der Waals surface area (Å²) >= 11 is 0.